The third-order valence-corrected chi connectivity index (χ3v) is 5.39. The third kappa shape index (κ3) is 5.29. The van der Waals surface area contributed by atoms with E-state index in [1.807, 2.05) is 44.2 Å². The number of aromatic nitrogens is 3. The van der Waals surface area contributed by atoms with Gasteiger partial charge in [-0.3, -0.25) is 4.79 Å². The molecular weight excluding hydrogens is 402 g/mol. The zero-order valence-corrected chi connectivity index (χ0v) is 18.4. The van der Waals surface area contributed by atoms with Gasteiger partial charge in [0.1, 0.15) is 11.6 Å². The van der Waals surface area contributed by atoms with Gasteiger partial charge in [0.05, 0.1) is 24.2 Å². The van der Waals surface area contributed by atoms with Crippen LogP contribution in [0.25, 0.3) is 10.9 Å². The number of nitrogens with zero attached hydrogens (tertiary/aromatic N) is 3. The molecule has 0 spiro atoms. The molecule has 1 amide bonds. The van der Waals surface area contributed by atoms with Crippen molar-refractivity contribution < 1.29 is 9.32 Å². The van der Waals surface area contributed by atoms with Crippen molar-refractivity contribution in [2.75, 3.05) is 11.9 Å². The molecule has 4 aromatic rings. The second kappa shape index (κ2) is 10.0. The van der Waals surface area contributed by atoms with Crippen LogP contribution in [-0.2, 0) is 24.2 Å². The first-order valence-corrected chi connectivity index (χ1v) is 10.8. The summed E-state index contributed by atoms with van der Waals surface area (Å²) in [6, 6.07) is 18.3. The van der Waals surface area contributed by atoms with Crippen molar-refractivity contribution in [3.8, 4) is 0 Å². The normalized spacial score (nSPS) is 10.9. The van der Waals surface area contributed by atoms with Crippen molar-refractivity contribution in [2.24, 2.45) is 0 Å². The molecule has 0 aliphatic carbocycles. The molecule has 0 aliphatic heterocycles. The second-order valence-electron chi connectivity index (χ2n) is 7.78. The summed E-state index contributed by atoms with van der Waals surface area (Å²) in [7, 11) is 0. The fourth-order valence-corrected chi connectivity index (χ4v) is 3.64. The SMILES string of the molecule is Cc1noc(C)c1CC(=O)NCc1nc(NCCCc2ccccc2)c2ccccc2n1. The largest absolute Gasteiger partial charge is 0.369 e. The van der Waals surface area contributed by atoms with Crippen LogP contribution in [0.2, 0.25) is 0 Å². The summed E-state index contributed by atoms with van der Waals surface area (Å²) in [6.07, 6.45) is 2.21. The van der Waals surface area contributed by atoms with Crippen LogP contribution in [0.5, 0.6) is 0 Å². The molecule has 4 rings (SSSR count). The second-order valence-corrected chi connectivity index (χ2v) is 7.78. The van der Waals surface area contributed by atoms with E-state index in [2.05, 4.69) is 50.0 Å². The van der Waals surface area contributed by atoms with Gasteiger partial charge in [-0.1, -0.05) is 47.6 Å². The Balaban J connectivity index is 1.40. The molecule has 0 saturated carbocycles. The van der Waals surface area contributed by atoms with Gasteiger partial charge < -0.3 is 15.2 Å². The van der Waals surface area contributed by atoms with E-state index in [0.29, 0.717) is 11.6 Å². The van der Waals surface area contributed by atoms with Crippen molar-refractivity contribution in [3.63, 3.8) is 0 Å². The number of benzene rings is 2. The lowest BCUT2D eigenvalue weighted by Gasteiger charge is -2.11. The minimum Gasteiger partial charge on any atom is -0.369 e. The molecule has 7 nitrogen and oxygen atoms in total. The van der Waals surface area contributed by atoms with Gasteiger partial charge in [0.15, 0.2) is 5.82 Å². The van der Waals surface area contributed by atoms with E-state index < -0.39 is 0 Å². The first-order valence-electron chi connectivity index (χ1n) is 10.8. The summed E-state index contributed by atoms with van der Waals surface area (Å²) in [5.74, 6) is 1.91. The fourth-order valence-electron chi connectivity index (χ4n) is 3.64. The summed E-state index contributed by atoms with van der Waals surface area (Å²) in [5.41, 5.74) is 3.73. The Morgan fingerprint density at radius 2 is 1.78 bits per heavy atom. The van der Waals surface area contributed by atoms with Gasteiger partial charge in [-0.15, -0.1) is 0 Å². The van der Waals surface area contributed by atoms with Gasteiger partial charge in [0, 0.05) is 17.5 Å². The molecule has 0 atom stereocenters. The molecule has 2 aromatic heterocycles. The molecule has 32 heavy (non-hydrogen) atoms. The van der Waals surface area contributed by atoms with Gasteiger partial charge in [-0.2, -0.15) is 0 Å². The molecule has 0 unspecified atom stereocenters. The Labute approximate surface area is 187 Å². The molecule has 0 saturated heterocycles. The Morgan fingerprint density at radius 1 is 1.00 bits per heavy atom. The van der Waals surface area contributed by atoms with E-state index in [0.717, 1.165) is 47.4 Å². The number of aryl methyl sites for hydroxylation is 3. The number of para-hydroxylation sites is 1. The van der Waals surface area contributed by atoms with Crippen molar-refractivity contribution in [1.29, 1.82) is 0 Å². The van der Waals surface area contributed by atoms with Crippen LogP contribution in [-0.4, -0.2) is 27.6 Å². The average molecular weight is 430 g/mol. The number of hydrogen-bond donors (Lipinski definition) is 2. The predicted octanol–water partition coefficient (Wildman–Crippen LogP) is 4.14. The number of anilines is 1. The zero-order valence-electron chi connectivity index (χ0n) is 18.4. The van der Waals surface area contributed by atoms with E-state index in [1.165, 1.54) is 5.56 Å². The Hall–Kier alpha value is -3.74. The van der Waals surface area contributed by atoms with E-state index in [1.54, 1.807) is 0 Å². The number of nitrogens with one attached hydrogen (secondary N) is 2. The summed E-state index contributed by atoms with van der Waals surface area (Å²) in [5, 5.41) is 11.2. The van der Waals surface area contributed by atoms with Crippen LogP contribution in [0.15, 0.2) is 59.1 Å². The molecule has 7 heteroatoms. The highest BCUT2D eigenvalue weighted by molar-refractivity contribution is 5.89. The molecule has 2 N–H and O–H groups in total. The highest BCUT2D eigenvalue weighted by Gasteiger charge is 2.14. The number of carbonyl (C=O) groups excluding carboxylic acids is 1. The number of carbonyl (C=O) groups is 1. The summed E-state index contributed by atoms with van der Waals surface area (Å²) < 4.78 is 5.13. The lowest BCUT2D eigenvalue weighted by atomic mass is 10.1. The van der Waals surface area contributed by atoms with Crippen molar-refractivity contribution >= 4 is 22.6 Å². The molecule has 0 fully saturated rings. The van der Waals surface area contributed by atoms with Crippen LogP contribution >= 0.6 is 0 Å². The van der Waals surface area contributed by atoms with Gasteiger partial charge in [-0.05, 0) is 44.4 Å². The van der Waals surface area contributed by atoms with Crippen molar-refractivity contribution in [1.82, 2.24) is 20.4 Å². The van der Waals surface area contributed by atoms with Crippen LogP contribution < -0.4 is 10.6 Å². The Kier molecular flexibility index (Phi) is 6.75. The monoisotopic (exact) mass is 429 g/mol. The van der Waals surface area contributed by atoms with Crippen LogP contribution in [0, 0.1) is 13.8 Å². The molecule has 0 bridgehead atoms. The van der Waals surface area contributed by atoms with E-state index in [4.69, 9.17) is 4.52 Å². The first-order chi connectivity index (χ1) is 15.6. The van der Waals surface area contributed by atoms with Gasteiger partial charge in [0.2, 0.25) is 5.91 Å². The maximum atomic E-state index is 12.4. The number of fused-ring (bicyclic) bond motifs is 1. The van der Waals surface area contributed by atoms with E-state index >= 15 is 0 Å². The van der Waals surface area contributed by atoms with Crippen molar-refractivity contribution in [2.45, 2.75) is 39.7 Å². The van der Waals surface area contributed by atoms with Crippen molar-refractivity contribution in [3.05, 3.63) is 83.0 Å². The predicted molar refractivity (Wildman–Crippen MR) is 124 cm³/mol. The quantitative estimate of drug-likeness (QED) is 0.389. The average Bonchev–Trinajstić information content (AvgIpc) is 3.13. The number of amides is 1. The maximum absolute atomic E-state index is 12.4. The van der Waals surface area contributed by atoms with E-state index in [9.17, 15) is 4.79 Å². The molecule has 0 aliphatic rings. The molecule has 2 aromatic carbocycles. The highest BCUT2D eigenvalue weighted by atomic mass is 16.5. The minimum atomic E-state index is -0.117. The highest BCUT2D eigenvalue weighted by Crippen LogP contribution is 2.20. The molecule has 164 valence electrons. The Morgan fingerprint density at radius 3 is 2.56 bits per heavy atom. The summed E-state index contributed by atoms with van der Waals surface area (Å²) in [6.45, 7) is 4.70. The zero-order chi connectivity index (χ0) is 22.3. The first kappa shape index (κ1) is 21.5. The Bertz CT molecular complexity index is 1180. The van der Waals surface area contributed by atoms with Gasteiger partial charge in [0.25, 0.3) is 0 Å². The van der Waals surface area contributed by atoms with Crippen LogP contribution in [0.4, 0.5) is 5.82 Å². The lowest BCUT2D eigenvalue weighted by Crippen LogP contribution is -2.26. The molecular formula is C25H27N5O2. The van der Waals surface area contributed by atoms with Gasteiger partial charge >= 0.3 is 0 Å². The topological polar surface area (TPSA) is 92.9 Å². The van der Waals surface area contributed by atoms with Crippen LogP contribution in [0.1, 0.15) is 34.8 Å². The van der Waals surface area contributed by atoms with Crippen LogP contribution in [0.3, 0.4) is 0 Å². The smallest absolute Gasteiger partial charge is 0.224 e. The fraction of sp³-hybridized carbons (Fsp3) is 0.280. The van der Waals surface area contributed by atoms with Gasteiger partial charge in [-0.25, -0.2) is 9.97 Å². The summed E-state index contributed by atoms with van der Waals surface area (Å²) >= 11 is 0. The lowest BCUT2D eigenvalue weighted by molar-refractivity contribution is -0.120. The number of rotatable bonds is 9. The maximum Gasteiger partial charge on any atom is 0.224 e. The number of hydrogen-bond acceptors (Lipinski definition) is 6. The third-order valence-electron chi connectivity index (χ3n) is 5.39. The van der Waals surface area contributed by atoms with E-state index in [-0.39, 0.29) is 18.9 Å². The molecule has 0 radical (unpaired) electrons. The summed E-state index contributed by atoms with van der Waals surface area (Å²) in [4.78, 5) is 21.7. The standard InChI is InChI=1S/C25H27N5O2/c1-17-21(18(2)32-30-17)15-24(31)27-16-23-28-22-13-7-6-12-20(22)25(29-23)26-14-8-11-19-9-4-3-5-10-19/h3-7,9-10,12-13H,8,11,14-16H2,1-2H3,(H,27,31)(H,26,28,29). The molecule has 2 heterocycles. The minimum absolute atomic E-state index is 0.117.